The van der Waals surface area contributed by atoms with Crippen LogP contribution in [0.15, 0.2) is 36.4 Å². The Labute approximate surface area is 103 Å². The minimum absolute atomic E-state index is 0.972. The third-order valence-corrected chi connectivity index (χ3v) is 3.09. The van der Waals surface area contributed by atoms with Crippen LogP contribution in [0.25, 0.3) is 11.1 Å². The maximum Gasteiger partial charge on any atom is 0.129 e. The minimum atomic E-state index is 0.972. The highest BCUT2D eigenvalue weighted by Gasteiger charge is 2.09. The SMILES string of the molecule is COc1c(C)cccc1-c1ccc(C)cc1C. The molecule has 1 nitrogen and oxygen atoms in total. The van der Waals surface area contributed by atoms with Crippen molar-refractivity contribution in [3.05, 3.63) is 53.1 Å². The average Bonchev–Trinajstić information content (AvgIpc) is 2.29. The first-order valence-electron chi connectivity index (χ1n) is 5.84. The van der Waals surface area contributed by atoms with Gasteiger partial charge in [0.2, 0.25) is 0 Å². The van der Waals surface area contributed by atoms with Gasteiger partial charge in [0.25, 0.3) is 0 Å². The summed E-state index contributed by atoms with van der Waals surface area (Å²) in [5.41, 5.74) is 6.16. The maximum absolute atomic E-state index is 5.52. The number of ether oxygens (including phenoxy) is 1. The van der Waals surface area contributed by atoms with Crippen molar-refractivity contribution in [1.29, 1.82) is 0 Å². The third kappa shape index (κ3) is 2.19. The molecule has 0 radical (unpaired) electrons. The van der Waals surface area contributed by atoms with Crippen LogP contribution in [0.3, 0.4) is 0 Å². The van der Waals surface area contributed by atoms with Gasteiger partial charge in [-0.2, -0.15) is 0 Å². The molecule has 0 amide bonds. The zero-order valence-electron chi connectivity index (χ0n) is 10.9. The molecule has 0 N–H and O–H groups in total. The van der Waals surface area contributed by atoms with Crippen LogP contribution in [0.2, 0.25) is 0 Å². The first-order chi connectivity index (χ1) is 8.13. The molecule has 1 heteroatoms. The molecule has 2 rings (SSSR count). The summed E-state index contributed by atoms with van der Waals surface area (Å²) in [6.45, 7) is 6.33. The van der Waals surface area contributed by atoms with Crippen LogP contribution in [0.1, 0.15) is 16.7 Å². The van der Waals surface area contributed by atoms with Crippen LogP contribution in [0, 0.1) is 20.8 Å². The Morgan fingerprint density at radius 1 is 0.824 bits per heavy atom. The van der Waals surface area contributed by atoms with Gasteiger partial charge in [0.05, 0.1) is 7.11 Å². The summed E-state index contributed by atoms with van der Waals surface area (Å²) in [6, 6.07) is 12.8. The molecular formula is C16H18O. The summed E-state index contributed by atoms with van der Waals surface area (Å²) in [7, 11) is 1.73. The normalized spacial score (nSPS) is 10.4. The van der Waals surface area contributed by atoms with Crippen molar-refractivity contribution in [3.63, 3.8) is 0 Å². The quantitative estimate of drug-likeness (QED) is 0.742. The van der Waals surface area contributed by atoms with E-state index in [0.29, 0.717) is 0 Å². The molecule has 0 fully saturated rings. The predicted octanol–water partition coefficient (Wildman–Crippen LogP) is 4.29. The average molecular weight is 226 g/mol. The van der Waals surface area contributed by atoms with E-state index in [1.54, 1.807) is 7.11 Å². The number of hydrogen-bond donors (Lipinski definition) is 0. The molecule has 0 aliphatic heterocycles. The molecule has 0 aromatic heterocycles. The van der Waals surface area contributed by atoms with Gasteiger partial charge in [-0.25, -0.2) is 0 Å². The van der Waals surface area contributed by atoms with E-state index in [1.165, 1.54) is 27.8 Å². The van der Waals surface area contributed by atoms with Crippen LogP contribution >= 0.6 is 0 Å². The van der Waals surface area contributed by atoms with Gasteiger partial charge in [-0.15, -0.1) is 0 Å². The predicted molar refractivity (Wildman–Crippen MR) is 72.6 cm³/mol. The molecule has 17 heavy (non-hydrogen) atoms. The zero-order valence-corrected chi connectivity index (χ0v) is 10.9. The second kappa shape index (κ2) is 4.62. The lowest BCUT2D eigenvalue weighted by atomic mass is 9.96. The van der Waals surface area contributed by atoms with Gasteiger partial charge in [0.1, 0.15) is 5.75 Å². The second-order valence-corrected chi connectivity index (χ2v) is 4.47. The Balaban J connectivity index is 2.64. The molecule has 0 unspecified atom stereocenters. The summed E-state index contributed by atoms with van der Waals surface area (Å²) in [6.07, 6.45) is 0. The first kappa shape index (κ1) is 11.7. The van der Waals surface area contributed by atoms with Gasteiger partial charge in [0.15, 0.2) is 0 Å². The van der Waals surface area contributed by atoms with Crippen molar-refractivity contribution in [2.24, 2.45) is 0 Å². The monoisotopic (exact) mass is 226 g/mol. The standard InChI is InChI=1S/C16H18O/c1-11-8-9-14(13(3)10-11)15-7-5-6-12(2)16(15)17-4/h5-10H,1-4H3. The van der Waals surface area contributed by atoms with Crippen LogP contribution < -0.4 is 4.74 Å². The fraction of sp³-hybridized carbons (Fsp3) is 0.250. The highest BCUT2D eigenvalue weighted by atomic mass is 16.5. The van der Waals surface area contributed by atoms with Gasteiger partial charge in [-0.05, 0) is 37.5 Å². The molecule has 0 saturated carbocycles. The maximum atomic E-state index is 5.52. The van der Waals surface area contributed by atoms with E-state index in [-0.39, 0.29) is 0 Å². The Kier molecular flexibility index (Phi) is 3.19. The van der Waals surface area contributed by atoms with E-state index >= 15 is 0 Å². The first-order valence-corrected chi connectivity index (χ1v) is 5.84. The smallest absolute Gasteiger partial charge is 0.129 e. The number of methoxy groups -OCH3 is 1. The molecule has 0 saturated heterocycles. The number of benzene rings is 2. The Morgan fingerprint density at radius 2 is 1.59 bits per heavy atom. The van der Waals surface area contributed by atoms with Crippen molar-refractivity contribution in [3.8, 4) is 16.9 Å². The lowest BCUT2D eigenvalue weighted by Gasteiger charge is -2.13. The van der Waals surface area contributed by atoms with E-state index < -0.39 is 0 Å². The summed E-state index contributed by atoms with van der Waals surface area (Å²) >= 11 is 0. The van der Waals surface area contributed by atoms with E-state index in [0.717, 1.165) is 5.75 Å². The zero-order chi connectivity index (χ0) is 12.4. The van der Waals surface area contributed by atoms with Crippen molar-refractivity contribution in [2.45, 2.75) is 20.8 Å². The Hall–Kier alpha value is -1.76. The van der Waals surface area contributed by atoms with E-state index in [2.05, 4.69) is 57.2 Å². The van der Waals surface area contributed by atoms with Crippen LogP contribution in [-0.4, -0.2) is 7.11 Å². The van der Waals surface area contributed by atoms with Gasteiger partial charge < -0.3 is 4.74 Å². The third-order valence-electron chi connectivity index (χ3n) is 3.09. The summed E-state index contributed by atoms with van der Waals surface area (Å²) in [5, 5.41) is 0. The highest BCUT2D eigenvalue weighted by Crippen LogP contribution is 2.34. The molecule has 2 aromatic rings. The number of hydrogen-bond acceptors (Lipinski definition) is 1. The van der Waals surface area contributed by atoms with Crippen molar-refractivity contribution >= 4 is 0 Å². The van der Waals surface area contributed by atoms with Gasteiger partial charge in [0, 0.05) is 5.56 Å². The Morgan fingerprint density at radius 3 is 2.24 bits per heavy atom. The van der Waals surface area contributed by atoms with Gasteiger partial charge in [-0.1, -0.05) is 42.0 Å². The molecule has 0 atom stereocenters. The largest absolute Gasteiger partial charge is 0.496 e. The second-order valence-electron chi connectivity index (χ2n) is 4.47. The molecule has 88 valence electrons. The van der Waals surface area contributed by atoms with E-state index in [1.807, 2.05) is 0 Å². The van der Waals surface area contributed by atoms with Crippen LogP contribution in [0.5, 0.6) is 5.75 Å². The van der Waals surface area contributed by atoms with Crippen molar-refractivity contribution in [1.82, 2.24) is 0 Å². The van der Waals surface area contributed by atoms with Gasteiger partial charge >= 0.3 is 0 Å². The topological polar surface area (TPSA) is 9.23 Å². The number of para-hydroxylation sites is 1. The molecule has 2 aromatic carbocycles. The number of aryl methyl sites for hydroxylation is 3. The fourth-order valence-corrected chi connectivity index (χ4v) is 2.25. The van der Waals surface area contributed by atoms with Crippen LogP contribution in [-0.2, 0) is 0 Å². The summed E-state index contributed by atoms with van der Waals surface area (Å²) in [4.78, 5) is 0. The van der Waals surface area contributed by atoms with E-state index in [9.17, 15) is 0 Å². The lowest BCUT2D eigenvalue weighted by molar-refractivity contribution is 0.413. The lowest BCUT2D eigenvalue weighted by Crippen LogP contribution is -1.92. The van der Waals surface area contributed by atoms with E-state index in [4.69, 9.17) is 4.74 Å². The van der Waals surface area contributed by atoms with Crippen molar-refractivity contribution in [2.75, 3.05) is 7.11 Å². The molecule has 0 aliphatic rings. The molecule has 0 spiro atoms. The minimum Gasteiger partial charge on any atom is -0.496 e. The summed E-state index contributed by atoms with van der Waals surface area (Å²) < 4.78 is 5.52. The van der Waals surface area contributed by atoms with Crippen molar-refractivity contribution < 1.29 is 4.74 Å². The van der Waals surface area contributed by atoms with Crippen LogP contribution in [0.4, 0.5) is 0 Å². The molecular weight excluding hydrogens is 208 g/mol. The molecule has 0 aliphatic carbocycles. The fourth-order valence-electron chi connectivity index (χ4n) is 2.25. The molecule has 0 bridgehead atoms. The Bertz CT molecular complexity index is 541. The van der Waals surface area contributed by atoms with Gasteiger partial charge in [-0.3, -0.25) is 0 Å². The summed E-state index contributed by atoms with van der Waals surface area (Å²) in [5.74, 6) is 0.972. The highest BCUT2D eigenvalue weighted by molar-refractivity contribution is 5.74. The molecule has 0 heterocycles. The number of rotatable bonds is 2.